The van der Waals surface area contributed by atoms with Crippen molar-refractivity contribution in [2.24, 2.45) is 0 Å². The largest absolute Gasteiger partial charge is 0.378 e. The maximum absolute atomic E-state index is 13.3. The molecule has 1 N–H and O–H groups in total. The first-order valence-electron chi connectivity index (χ1n) is 4.57. The lowest BCUT2D eigenvalue weighted by atomic mass is 10.3. The van der Waals surface area contributed by atoms with Gasteiger partial charge in [0.05, 0.1) is 10.7 Å². The fourth-order valence-corrected chi connectivity index (χ4v) is 2.45. The molecule has 5 heteroatoms. The van der Waals surface area contributed by atoms with Crippen LogP contribution in [0.4, 0.5) is 10.1 Å². The van der Waals surface area contributed by atoms with E-state index in [1.165, 1.54) is 23.5 Å². The van der Waals surface area contributed by atoms with Gasteiger partial charge in [-0.3, -0.25) is 0 Å². The molecule has 2 rings (SSSR count). The van der Waals surface area contributed by atoms with Crippen LogP contribution >= 0.6 is 34.5 Å². The number of hydrogen-bond acceptors (Lipinski definition) is 2. The molecule has 0 fully saturated rings. The van der Waals surface area contributed by atoms with Crippen molar-refractivity contribution in [1.82, 2.24) is 0 Å². The van der Waals surface area contributed by atoms with E-state index in [-0.39, 0.29) is 5.82 Å². The van der Waals surface area contributed by atoms with Crippen LogP contribution in [0.25, 0.3) is 0 Å². The SMILES string of the molecule is Fc1ccc(Cl)cc1NCc1cc(Cl)cs1. The second kappa shape index (κ2) is 5.04. The van der Waals surface area contributed by atoms with E-state index in [1.807, 2.05) is 11.4 Å². The molecule has 84 valence electrons. The minimum atomic E-state index is -0.313. The molecule has 1 heterocycles. The molecule has 0 saturated heterocycles. The van der Waals surface area contributed by atoms with Crippen molar-refractivity contribution in [3.8, 4) is 0 Å². The predicted molar refractivity (Wildman–Crippen MR) is 68.1 cm³/mol. The molecule has 16 heavy (non-hydrogen) atoms. The third-order valence-corrected chi connectivity index (χ3v) is 3.52. The molecule has 0 atom stereocenters. The first-order valence-corrected chi connectivity index (χ1v) is 6.20. The van der Waals surface area contributed by atoms with E-state index < -0.39 is 0 Å². The maximum atomic E-state index is 13.3. The summed E-state index contributed by atoms with van der Waals surface area (Å²) < 4.78 is 13.3. The first kappa shape index (κ1) is 11.7. The Bertz CT molecular complexity index is 498. The molecule has 1 nitrogen and oxygen atoms in total. The van der Waals surface area contributed by atoms with Gasteiger partial charge in [0.1, 0.15) is 5.82 Å². The molecule has 2 aromatic rings. The van der Waals surface area contributed by atoms with Crippen LogP contribution in [-0.4, -0.2) is 0 Å². The van der Waals surface area contributed by atoms with Gasteiger partial charge in [0.25, 0.3) is 0 Å². The molecule has 0 radical (unpaired) electrons. The summed E-state index contributed by atoms with van der Waals surface area (Å²) in [6.45, 7) is 0.536. The Kier molecular flexibility index (Phi) is 3.69. The van der Waals surface area contributed by atoms with Gasteiger partial charge in [-0.1, -0.05) is 23.2 Å². The number of halogens is 3. The van der Waals surface area contributed by atoms with Crippen molar-refractivity contribution in [2.45, 2.75) is 6.54 Å². The molecular weight excluding hydrogens is 268 g/mol. The summed E-state index contributed by atoms with van der Waals surface area (Å²) in [5.41, 5.74) is 0.400. The normalized spacial score (nSPS) is 10.4. The van der Waals surface area contributed by atoms with Crippen molar-refractivity contribution >= 4 is 40.2 Å². The summed E-state index contributed by atoms with van der Waals surface area (Å²) in [7, 11) is 0. The highest BCUT2D eigenvalue weighted by molar-refractivity contribution is 7.10. The van der Waals surface area contributed by atoms with Crippen LogP contribution in [0, 0.1) is 5.82 Å². The second-order valence-electron chi connectivity index (χ2n) is 3.21. The Balaban J connectivity index is 2.07. The van der Waals surface area contributed by atoms with Gasteiger partial charge in [0.15, 0.2) is 0 Å². The van der Waals surface area contributed by atoms with Gasteiger partial charge in [-0.2, -0.15) is 0 Å². The van der Waals surface area contributed by atoms with Crippen molar-refractivity contribution < 1.29 is 4.39 Å². The van der Waals surface area contributed by atoms with E-state index in [0.717, 1.165) is 4.88 Å². The van der Waals surface area contributed by atoms with Crippen LogP contribution in [0.5, 0.6) is 0 Å². The van der Waals surface area contributed by atoms with Crippen LogP contribution in [0.1, 0.15) is 4.88 Å². The topological polar surface area (TPSA) is 12.0 Å². The number of thiophene rings is 1. The highest BCUT2D eigenvalue weighted by atomic mass is 35.5. The molecule has 0 aliphatic heterocycles. The fraction of sp³-hybridized carbons (Fsp3) is 0.0909. The number of hydrogen-bond donors (Lipinski definition) is 1. The van der Waals surface area contributed by atoms with Gasteiger partial charge in [-0.15, -0.1) is 11.3 Å². The van der Waals surface area contributed by atoms with Gasteiger partial charge in [0, 0.05) is 21.8 Å². The zero-order valence-corrected chi connectivity index (χ0v) is 10.5. The molecule has 0 amide bonds. The van der Waals surface area contributed by atoms with E-state index in [1.54, 1.807) is 6.07 Å². The Labute approximate surface area is 107 Å². The smallest absolute Gasteiger partial charge is 0.146 e. The van der Waals surface area contributed by atoms with Gasteiger partial charge in [-0.25, -0.2) is 4.39 Å². The second-order valence-corrected chi connectivity index (χ2v) is 5.08. The third kappa shape index (κ3) is 2.88. The average molecular weight is 276 g/mol. The summed E-state index contributed by atoms with van der Waals surface area (Å²) >= 11 is 13.1. The number of anilines is 1. The lowest BCUT2D eigenvalue weighted by Crippen LogP contribution is -1.99. The van der Waals surface area contributed by atoms with Crippen LogP contribution in [0.2, 0.25) is 10.0 Å². The van der Waals surface area contributed by atoms with Gasteiger partial charge < -0.3 is 5.32 Å². The average Bonchev–Trinajstić information content (AvgIpc) is 2.66. The summed E-state index contributed by atoms with van der Waals surface area (Å²) in [5, 5.41) is 6.03. The first-order chi connectivity index (χ1) is 7.65. The molecule has 0 bridgehead atoms. The summed E-state index contributed by atoms with van der Waals surface area (Å²) in [6.07, 6.45) is 0. The van der Waals surface area contributed by atoms with Crippen LogP contribution in [0.15, 0.2) is 29.6 Å². The van der Waals surface area contributed by atoms with Crippen molar-refractivity contribution in [1.29, 1.82) is 0 Å². The van der Waals surface area contributed by atoms with Crippen LogP contribution < -0.4 is 5.32 Å². The molecule has 1 aromatic carbocycles. The minimum absolute atomic E-state index is 0.313. The molecule has 0 saturated carbocycles. The molecule has 0 aliphatic rings. The monoisotopic (exact) mass is 275 g/mol. The summed E-state index contributed by atoms with van der Waals surface area (Å²) in [6, 6.07) is 6.27. The number of nitrogens with one attached hydrogen (secondary N) is 1. The molecule has 1 aromatic heterocycles. The standard InChI is InChI=1S/C11H8Cl2FNS/c12-7-1-2-10(14)11(4-7)15-5-9-3-8(13)6-16-9/h1-4,6,15H,5H2. The summed E-state index contributed by atoms with van der Waals surface area (Å²) in [5.74, 6) is -0.313. The van der Waals surface area contributed by atoms with E-state index >= 15 is 0 Å². The lowest BCUT2D eigenvalue weighted by molar-refractivity contribution is 0.630. The Hall–Kier alpha value is -0.770. The van der Waals surface area contributed by atoms with E-state index in [9.17, 15) is 4.39 Å². The van der Waals surface area contributed by atoms with Crippen LogP contribution in [0.3, 0.4) is 0 Å². The third-order valence-electron chi connectivity index (χ3n) is 2.00. The molecule has 0 aliphatic carbocycles. The van der Waals surface area contributed by atoms with Crippen molar-refractivity contribution in [3.63, 3.8) is 0 Å². The summed E-state index contributed by atoms with van der Waals surface area (Å²) in [4.78, 5) is 1.05. The highest BCUT2D eigenvalue weighted by Crippen LogP contribution is 2.23. The Morgan fingerprint density at radius 3 is 2.69 bits per heavy atom. The highest BCUT2D eigenvalue weighted by Gasteiger charge is 2.03. The lowest BCUT2D eigenvalue weighted by Gasteiger charge is -2.06. The zero-order valence-electron chi connectivity index (χ0n) is 8.14. The van der Waals surface area contributed by atoms with E-state index in [4.69, 9.17) is 23.2 Å². The molecule has 0 spiro atoms. The minimum Gasteiger partial charge on any atom is -0.378 e. The quantitative estimate of drug-likeness (QED) is 0.848. The molecular formula is C11H8Cl2FNS. The Morgan fingerprint density at radius 2 is 2.00 bits per heavy atom. The van der Waals surface area contributed by atoms with Crippen molar-refractivity contribution in [2.75, 3.05) is 5.32 Å². The van der Waals surface area contributed by atoms with Gasteiger partial charge >= 0.3 is 0 Å². The number of benzene rings is 1. The predicted octanol–water partition coefficient (Wildman–Crippen LogP) is 4.81. The van der Waals surface area contributed by atoms with Crippen molar-refractivity contribution in [3.05, 3.63) is 50.4 Å². The van der Waals surface area contributed by atoms with E-state index in [0.29, 0.717) is 22.3 Å². The Morgan fingerprint density at radius 1 is 1.19 bits per heavy atom. The van der Waals surface area contributed by atoms with E-state index in [2.05, 4.69) is 5.32 Å². The zero-order chi connectivity index (χ0) is 11.5. The number of rotatable bonds is 3. The maximum Gasteiger partial charge on any atom is 0.146 e. The fourth-order valence-electron chi connectivity index (χ4n) is 1.26. The molecule has 0 unspecified atom stereocenters. The van der Waals surface area contributed by atoms with Gasteiger partial charge in [-0.05, 0) is 24.3 Å². The van der Waals surface area contributed by atoms with Crippen LogP contribution in [-0.2, 0) is 6.54 Å². The van der Waals surface area contributed by atoms with Gasteiger partial charge in [0.2, 0.25) is 0 Å².